The number of nitrogens with zero attached hydrogens (tertiary/aromatic N) is 3. The summed E-state index contributed by atoms with van der Waals surface area (Å²) in [6.45, 7) is 2.03. The van der Waals surface area contributed by atoms with E-state index in [9.17, 15) is 9.59 Å². The van der Waals surface area contributed by atoms with E-state index in [0.717, 1.165) is 0 Å². The van der Waals surface area contributed by atoms with Crippen LogP contribution in [0.25, 0.3) is 21.6 Å². The van der Waals surface area contributed by atoms with Crippen LogP contribution in [-0.4, -0.2) is 18.5 Å². The number of hydrogen-bond acceptors (Lipinski definition) is 4. The van der Waals surface area contributed by atoms with E-state index in [1.165, 1.54) is 11.3 Å². The van der Waals surface area contributed by atoms with Gasteiger partial charge in [-0.05, 0) is 46.7 Å². The van der Waals surface area contributed by atoms with Crippen molar-refractivity contribution in [3.8, 4) is 11.1 Å². The lowest BCUT2D eigenvalue weighted by molar-refractivity contribution is 0.0526. The molecule has 21 heavy (non-hydrogen) atoms. The zero-order chi connectivity index (χ0) is 15.2. The molecule has 0 radical (unpaired) electrons. The molecule has 0 N–H and O–H groups in total. The summed E-state index contributed by atoms with van der Waals surface area (Å²) in [5.74, 6) is -1.05. The molecule has 1 amide bonds. The summed E-state index contributed by atoms with van der Waals surface area (Å²) in [5, 5.41) is 4.83. The highest BCUT2D eigenvalue weighted by atomic mass is 32.1. The Kier molecular flexibility index (Phi) is 4.71. The molecule has 6 nitrogen and oxygen atoms in total. The molecule has 106 valence electrons. The van der Waals surface area contributed by atoms with Gasteiger partial charge in [0.1, 0.15) is 0 Å². The number of carbonyl (C=O) groups excluding carboxylic acids is 2. The second-order valence-electron chi connectivity index (χ2n) is 3.96. The summed E-state index contributed by atoms with van der Waals surface area (Å²) >= 11 is 1.19. The molecule has 0 saturated carbocycles. The number of hydrogen-bond donors (Lipinski definition) is 0. The molecule has 1 heterocycles. The molecule has 1 aromatic heterocycles. The Morgan fingerprint density at radius 3 is 2.90 bits per heavy atom. The summed E-state index contributed by atoms with van der Waals surface area (Å²) in [6.07, 6.45) is 0. The standard InChI is InChI=1S/C14H11N3O3S/c1-2-20-14(19)10-5-3-4-9(8-10)11-6-7-21-12(11)13(18)16-17-15/h3-8H,2H2,1H3. The lowest BCUT2D eigenvalue weighted by Crippen LogP contribution is -2.04. The first-order valence-electron chi connectivity index (χ1n) is 6.11. The zero-order valence-corrected chi connectivity index (χ0v) is 12.0. The van der Waals surface area contributed by atoms with Crippen LogP contribution in [0.2, 0.25) is 0 Å². The number of thiophene rings is 1. The molecule has 0 saturated heterocycles. The number of esters is 1. The fourth-order valence-electron chi connectivity index (χ4n) is 1.82. The van der Waals surface area contributed by atoms with Gasteiger partial charge >= 0.3 is 5.97 Å². The highest BCUT2D eigenvalue weighted by Crippen LogP contribution is 2.29. The molecule has 7 heteroatoms. The first-order valence-corrected chi connectivity index (χ1v) is 6.99. The summed E-state index contributed by atoms with van der Waals surface area (Å²) in [7, 11) is 0. The van der Waals surface area contributed by atoms with Crippen molar-refractivity contribution in [2.75, 3.05) is 6.61 Å². The Morgan fingerprint density at radius 2 is 2.19 bits per heavy atom. The van der Waals surface area contributed by atoms with Crippen molar-refractivity contribution in [1.29, 1.82) is 0 Å². The largest absolute Gasteiger partial charge is 0.462 e. The van der Waals surface area contributed by atoms with Gasteiger partial charge in [0.25, 0.3) is 5.91 Å². The number of carbonyl (C=O) groups is 2. The molecule has 0 unspecified atom stereocenters. The number of ether oxygens (including phenoxy) is 1. The Morgan fingerprint density at radius 1 is 1.38 bits per heavy atom. The molecule has 0 atom stereocenters. The average molecular weight is 301 g/mol. The topological polar surface area (TPSA) is 92.1 Å². The van der Waals surface area contributed by atoms with E-state index in [1.54, 1.807) is 42.6 Å². The number of rotatable bonds is 4. The van der Waals surface area contributed by atoms with E-state index in [0.29, 0.717) is 28.2 Å². The third-order valence-electron chi connectivity index (χ3n) is 2.68. The maximum atomic E-state index is 11.7. The third kappa shape index (κ3) is 3.28. The SMILES string of the molecule is CCOC(=O)c1cccc(-c2ccsc2C(=O)N=[N+]=[N-])c1. The lowest BCUT2D eigenvalue weighted by atomic mass is 10.0. The molecule has 0 bridgehead atoms. The van der Waals surface area contributed by atoms with Crippen LogP contribution >= 0.6 is 11.3 Å². The molecule has 2 aromatic rings. The summed E-state index contributed by atoms with van der Waals surface area (Å²) < 4.78 is 4.95. The van der Waals surface area contributed by atoms with Crippen molar-refractivity contribution in [1.82, 2.24) is 0 Å². The minimum Gasteiger partial charge on any atom is -0.462 e. The van der Waals surface area contributed by atoms with Crippen LogP contribution in [0.4, 0.5) is 0 Å². The van der Waals surface area contributed by atoms with E-state index in [4.69, 9.17) is 10.3 Å². The van der Waals surface area contributed by atoms with E-state index in [-0.39, 0.29) is 0 Å². The minimum absolute atomic E-state index is 0.294. The Labute approximate surface area is 124 Å². The smallest absolute Gasteiger partial charge is 0.338 e. The summed E-state index contributed by atoms with van der Waals surface area (Å²) in [5.41, 5.74) is 10.1. The van der Waals surface area contributed by atoms with Crippen LogP contribution < -0.4 is 0 Å². The van der Waals surface area contributed by atoms with E-state index in [1.807, 2.05) is 0 Å². The van der Waals surface area contributed by atoms with Crippen LogP contribution in [0.15, 0.2) is 40.8 Å². The minimum atomic E-state index is -0.635. The Hall–Kier alpha value is -2.63. The molecule has 0 spiro atoms. The van der Waals surface area contributed by atoms with Gasteiger partial charge in [0, 0.05) is 10.5 Å². The van der Waals surface area contributed by atoms with Gasteiger partial charge in [-0.3, -0.25) is 4.79 Å². The second kappa shape index (κ2) is 6.69. The first-order chi connectivity index (χ1) is 10.2. The molecule has 1 aromatic carbocycles. The number of amides is 1. The summed E-state index contributed by atoms with van der Waals surface area (Å²) in [6, 6.07) is 8.52. The Bertz CT molecular complexity index is 733. The highest BCUT2D eigenvalue weighted by molar-refractivity contribution is 7.12. The monoisotopic (exact) mass is 301 g/mol. The molecule has 0 aliphatic carbocycles. The molecule has 0 aliphatic heterocycles. The van der Waals surface area contributed by atoms with Crippen molar-refractivity contribution < 1.29 is 14.3 Å². The predicted molar refractivity (Wildman–Crippen MR) is 79.2 cm³/mol. The van der Waals surface area contributed by atoms with Crippen molar-refractivity contribution >= 4 is 23.2 Å². The fourth-order valence-corrected chi connectivity index (χ4v) is 2.61. The van der Waals surface area contributed by atoms with Gasteiger partial charge in [-0.1, -0.05) is 12.1 Å². The van der Waals surface area contributed by atoms with Crippen molar-refractivity contribution in [2.24, 2.45) is 5.11 Å². The van der Waals surface area contributed by atoms with Gasteiger partial charge in [-0.25, -0.2) is 4.79 Å². The van der Waals surface area contributed by atoms with E-state index >= 15 is 0 Å². The van der Waals surface area contributed by atoms with E-state index in [2.05, 4.69) is 10.0 Å². The van der Waals surface area contributed by atoms with Gasteiger partial charge < -0.3 is 4.74 Å². The van der Waals surface area contributed by atoms with Crippen molar-refractivity contribution in [3.63, 3.8) is 0 Å². The average Bonchev–Trinajstić information content (AvgIpc) is 2.97. The molecule has 0 aliphatic rings. The normalized spacial score (nSPS) is 9.76. The van der Waals surface area contributed by atoms with E-state index < -0.39 is 11.9 Å². The molecular weight excluding hydrogens is 290 g/mol. The van der Waals surface area contributed by atoms with Gasteiger partial charge in [0.2, 0.25) is 0 Å². The molecule has 0 fully saturated rings. The number of azide groups is 1. The van der Waals surface area contributed by atoms with Crippen LogP contribution in [-0.2, 0) is 4.74 Å². The van der Waals surface area contributed by atoms with Gasteiger partial charge in [0.05, 0.1) is 17.0 Å². The zero-order valence-electron chi connectivity index (χ0n) is 11.1. The maximum absolute atomic E-state index is 11.7. The van der Waals surface area contributed by atoms with Gasteiger partial charge in [-0.2, -0.15) is 0 Å². The van der Waals surface area contributed by atoms with Gasteiger partial charge in [0.15, 0.2) is 0 Å². The highest BCUT2D eigenvalue weighted by Gasteiger charge is 2.15. The quantitative estimate of drug-likeness (QED) is 0.369. The Balaban J connectivity index is 2.42. The maximum Gasteiger partial charge on any atom is 0.338 e. The molecular formula is C14H11N3O3S. The van der Waals surface area contributed by atoms with Crippen LogP contribution in [0.5, 0.6) is 0 Å². The van der Waals surface area contributed by atoms with Crippen molar-refractivity contribution in [3.05, 3.63) is 56.6 Å². The number of benzene rings is 1. The second-order valence-corrected chi connectivity index (χ2v) is 4.88. The fraction of sp³-hybridized carbons (Fsp3) is 0.143. The van der Waals surface area contributed by atoms with Crippen LogP contribution in [0, 0.1) is 0 Å². The lowest BCUT2D eigenvalue weighted by Gasteiger charge is -2.05. The first kappa shape index (κ1) is 14.8. The summed E-state index contributed by atoms with van der Waals surface area (Å²) in [4.78, 5) is 26.3. The van der Waals surface area contributed by atoms with Gasteiger partial charge in [-0.15, -0.1) is 11.3 Å². The van der Waals surface area contributed by atoms with Crippen LogP contribution in [0.3, 0.4) is 0 Å². The van der Waals surface area contributed by atoms with Crippen molar-refractivity contribution in [2.45, 2.75) is 6.92 Å². The van der Waals surface area contributed by atoms with Crippen LogP contribution in [0.1, 0.15) is 27.0 Å². The third-order valence-corrected chi connectivity index (χ3v) is 3.58. The molecule has 2 rings (SSSR count). The predicted octanol–water partition coefficient (Wildman–Crippen LogP) is 4.04.